The van der Waals surface area contributed by atoms with Crippen LogP contribution in [0.5, 0.6) is 0 Å². The van der Waals surface area contributed by atoms with E-state index in [2.05, 4.69) is 19.8 Å². The number of rotatable bonds is 5. The zero-order valence-corrected chi connectivity index (χ0v) is 6.91. The van der Waals surface area contributed by atoms with Gasteiger partial charge in [-0.15, -0.1) is 6.58 Å². The third-order valence-corrected chi connectivity index (χ3v) is 2.49. The molecule has 0 nitrogen and oxygen atoms in total. The highest BCUT2D eigenvalue weighted by molar-refractivity contribution is 7.99. The summed E-state index contributed by atoms with van der Waals surface area (Å²) in [6.07, 6.45) is 7.50. The second kappa shape index (κ2) is 6.21. The molecule has 0 saturated carbocycles. The summed E-state index contributed by atoms with van der Waals surface area (Å²) in [7, 11) is 0. The summed E-state index contributed by atoms with van der Waals surface area (Å²) >= 11 is 1.90. The third-order valence-electron chi connectivity index (χ3n) is 1.35. The molecular formula is C8H15S. The average molecular weight is 143 g/mol. The van der Waals surface area contributed by atoms with Crippen molar-refractivity contribution in [2.75, 3.05) is 6.26 Å². The minimum Gasteiger partial charge on any atom is -0.162 e. The summed E-state index contributed by atoms with van der Waals surface area (Å²) in [6, 6.07) is 0. The molecule has 1 radical (unpaired) electrons. The van der Waals surface area contributed by atoms with E-state index in [1.54, 1.807) is 0 Å². The first kappa shape index (κ1) is 9.09. The Bertz CT molecular complexity index is 65.0. The van der Waals surface area contributed by atoms with E-state index < -0.39 is 0 Å². The quantitative estimate of drug-likeness (QED) is 0.533. The molecule has 0 aliphatic heterocycles. The van der Waals surface area contributed by atoms with Gasteiger partial charge in [-0.3, -0.25) is 0 Å². The fraction of sp³-hybridized carbons (Fsp3) is 0.625. The molecule has 0 amide bonds. The fourth-order valence-corrected chi connectivity index (χ4v) is 1.29. The van der Waals surface area contributed by atoms with Crippen molar-refractivity contribution in [1.82, 2.24) is 0 Å². The Morgan fingerprint density at radius 1 is 1.67 bits per heavy atom. The van der Waals surface area contributed by atoms with Crippen LogP contribution in [0.4, 0.5) is 0 Å². The normalized spacial score (nSPS) is 13.1. The molecule has 0 N–H and O–H groups in total. The summed E-state index contributed by atoms with van der Waals surface area (Å²) in [6.45, 7) is 7.53. The lowest BCUT2D eigenvalue weighted by molar-refractivity contribution is 0.782. The van der Waals surface area contributed by atoms with Gasteiger partial charge in [0.05, 0.1) is 0 Å². The van der Waals surface area contributed by atoms with Gasteiger partial charge in [0, 0.05) is 5.25 Å². The Labute approximate surface area is 62.7 Å². The predicted molar refractivity (Wildman–Crippen MR) is 46.7 cm³/mol. The molecule has 0 aromatic heterocycles. The Kier molecular flexibility index (Phi) is 6.28. The molecule has 0 fully saturated rings. The molecule has 0 aliphatic rings. The Balaban J connectivity index is 3.19. The molecule has 53 valence electrons. The van der Waals surface area contributed by atoms with Gasteiger partial charge in [-0.25, -0.2) is 0 Å². The van der Waals surface area contributed by atoms with Crippen LogP contribution in [-0.4, -0.2) is 11.5 Å². The van der Waals surface area contributed by atoms with Crippen LogP contribution in [-0.2, 0) is 0 Å². The summed E-state index contributed by atoms with van der Waals surface area (Å²) in [4.78, 5) is 0. The largest absolute Gasteiger partial charge is 0.162 e. The molecule has 0 bridgehead atoms. The lowest BCUT2D eigenvalue weighted by atomic mass is 10.2. The fourth-order valence-electron chi connectivity index (χ4n) is 0.684. The number of thioether (sulfide) groups is 1. The number of hydrogen-bond donors (Lipinski definition) is 0. The van der Waals surface area contributed by atoms with Crippen LogP contribution in [0.2, 0.25) is 0 Å². The maximum atomic E-state index is 3.85. The molecular weight excluding hydrogens is 128 g/mol. The van der Waals surface area contributed by atoms with E-state index in [9.17, 15) is 0 Å². The highest BCUT2D eigenvalue weighted by Gasteiger charge is 2.00. The molecule has 0 aromatic carbocycles. The maximum absolute atomic E-state index is 3.85. The first-order valence-electron chi connectivity index (χ1n) is 3.28. The van der Waals surface area contributed by atoms with Crippen LogP contribution < -0.4 is 0 Å². The van der Waals surface area contributed by atoms with Crippen molar-refractivity contribution in [3.8, 4) is 0 Å². The van der Waals surface area contributed by atoms with Gasteiger partial charge in [-0.2, -0.15) is 11.8 Å². The molecule has 0 spiro atoms. The van der Waals surface area contributed by atoms with E-state index in [1.807, 2.05) is 17.8 Å². The second-order valence-electron chi connectivity index (χ2n) is 2.01. The minimum atomic E-state index is 0.739. The van der Waals surface area contributed by atoms with Crippen LogP contribution in [0.15, 0.2) is 12.7 Å². The number of hydrogen-bond acceptors (Lipinski definition) is 1. The van der Waals surface area contributed by atoms with E-state index in [4.69, 9.17) is 0 Å². The van der Waals surface area contributed by atoms with Gasteiger partial charge >= 0.3 is 0 Å². The standard InChI is InChI=1S/C8H15S/c1-4-6-7-8(5-2)9-3/h4,8H,1-2,5-7H2,3H3. The topological polar surface area (TPSA) is 0 Å². The van der Waals surface area contributed by atoms with Gasteiger partial charge in [0.15, 0.2) is 0 Å². The molecule has 0 rings (SSSR count). The monoisotopic (exact) mass is 143 g/mol. The predicted octanol–water partition coefficient (Wildman–Crippen LogP) is 2.91. The van der Waals surface area contributed by atoms with E-state index in [-0.39, 0.29) is 0 Å². The van der Waals surface area contributed by atoms with Crippen molar-refractivity contribution in [2.24, 2.45) is 0 Å². The maximum Gasteiger partial charge on any atom is 0.00472 e. The molecule has 0 saturated heterocycles. The van der Waals surface area contributed by atoms with Crippen LogP contribution >= 0.6 is 11.8 Å². The van der Waals surface area contributed by atoms with Crippen molar-refractivity contribution in [1.29, 1.82) is 0 Å². The first-order valence-corrected chi connectivity index (χ1v) is 4.56. The smallest absolute Gasteiger partial charge is 0.00472 e. The summed E-state index contributed by atoms with van der Waals surface area (Å²) in [5.41, 5.74) is 0. The summed E-state index contributed by atoms with van der Waals surface area (Å²) in [5, 5.41) is 0.739. The van der Waals surface area contributed by atoms with E-state index in [1.165, 1.54) is 6.42 Å². The van der Waals surface area contributed by atoms with Gasteiger partial charge in [-0.1, -0.05) is 13.0 Å². The van der Waals surface area contributed by atoms with Crippen molar-refractivity contribution in [3.05, 3.63) is 19.6 Å². The second-order valence-corrected chi connectivity index (χ2v) is 3.15. The van der Waals surface area contributed by atoms with Gasteiger partial charge in [0.2, 0.25) is 0 Å². The van der Waals surface area contributed by atoms with E-state index >= 15 is 0 Å². The van der Waals surface area contributed by atoms with Crippen molar-refractivity contribution in [2.45, 2.75) is 24.5 Å². The van der Waals surface area contributed by atoms with Crippen LogP contribution in [0.25, 0.3) is 0 Å². The summed E-state index contributed by atoms with van der Waals surface area (Å²) in [5.74, 6) is 0. The zero-order valence-electron chi connectivity index (χ0n) is 6.10. The average Bonchev–Trinajstić information content (AvgIpc) is 1.91. The molecule has 0 heterocycles. The third kappa shape index (κ3) is 4.58. The molecule has 0 aliphatic carbocycles. The first-order chi connectivity index (χ1) is 4.35. The zero-order chi connectivity index (χ0) is 7.11. The van der Waals surface area contributed by atoms with Crippen molar-refractivity contribution >= 4 is 11.8 Å². The highest BCUT2D eigenvalue weighted by atomic mass is 32.2. The van der Waals surface area contributed by atoms with Crippen molar-refractivity contribution < 1.29 is 0 Å². The summed E-state index contributed by atoms with van der Waals surface area (Å²) < 4.78 is 0. The van der Waals surface area contributed by atoms with Gasteiger partial charge in [0.1, 0.15) is 0 Å². The SMILES string of the molecule is [CH2]CC(CCC=C)SC. The molecule has 0 aromatic rings. The Hall–Kier alpha value is 0.0900. The van der Waals surface area contributed by atoms with Gasteiger partial charge in [0.25, 0.3) is 0 Å². The van der Waals surface area contributed by atoms with Crippen LogP contribution in [0, 0.1) is 6.92 Å². The lowest BCUT2D eigenvalue weighted by Crippen LogP contribution is -1.97. The molecule has 1 heteroatoms. The van der Waals surface area contributed by atoms with E-state index in [0.29, 0.717) is 0 Å². The molecule has 9 heavy (non-hydrogen) atoms. The Morgan fingerprint density at radius 2 is 2.33 bits per heavy atom. The number of allylic oxidation sites excluding steroid dienone is 1. The van der Waals surface area contributed by atoms with E-state index in [0.717, 1.165) is 18.1 Å². The Morgan fingerprint density at radius 3 is 2.67 bits per heavy atom. The van der Waals surface area contributed by atoms with Crippen LogP contribution in [0.3, 0.4) is 0 Å². The highest BCUT2D eigenvalue weighted by Crippen LogP contribution is 2.15. The minimum absolute atomic E-state index is 0.739. The van der Waals surface area contributed by atoms with Gasteiger partial charge < -0.3 is 0 Å². The lowest BCUT2D eigenvalue weighted by Gasteiger charge is -2.08. The molecule has 1 atom stereocenters. The van der Waals surface area contributed by atoms with Crippen LogP contribution in [0.1, 0.15) is 19.3 Å². The van der Waals surface area contributed by atoms with Crippen molar-refractivity contribution in [3.63, 3.8) is 0 Å². The van der Waals surface area contributed by atoms with Gasteiger partial charge in [-0.05, 0) is 25.5 Å². The molecule has 1 unspecified atom stereocenters.